The lowest BCUT2D eigenvalue weighted by molar-refractivity contribution is 0.599. The average Bonchev–Trinajstić information content (AvgIpc) is 2.47. The Morgan fingerprint density at radius 2 is 1.76 bits per heavy atom. The second-order valence-electron chi connectivity index (χ2n) is 4.47. The summed E-state index contributed by atoms with van der Waals surface area (Å²) in [4.78, 5) is 4.18. The Bertz CT molecular complexity index is 893. The van der Waals surface area contributed by atoms with Crippen molar-refractivity contribution in [3.8, 4) is 0 Å². The molecular formula is C15H11FN2O2S. The average molecular weight is 302 g/mol. The third kappa shape index (κ3) is 2.85. The van der Waals surface area contributed by atoms with Gasteiger partial charge in [-0.15, -0.1) is 0 Å². The minimum Gasteiger partial charge on any atom is -0.280 e. The van der Waals surface area contributed by atoms with Crippen LogP contribution in [-0.4, -0.2) is 13.4 Å². The van der Waals surface area contributed by atoms with Gasteiger partial charge in [-0.2, -0.15) is 0 Å². The van der Waals surface area contributed by atoms with E-state index in [0.717, 1.165) is 23.0 Å². The second kappa shape index (κ2) is 5.14. The summed E-state index contributed by atoms with van der Waals surface area (Å²) in [5, 5.41) is 0.830. The number of hydrogen-bond donors (Lipinski definition) is 1. The van der Waals surface area contributed by atoms with E-state index >= 15 is 0 Å². The number of benzene rings is 2. The molecule has 0 aliphatic heterocycles. The third-order valence-corrected chi connectivity index (χ3v) is 4.38. The molecule has 0 spiro atoms. The van der Waals surface area contributed by atoms with Gasteiger partial charge in [-0.3, -0.25) is 9.71 Å². The van der Waals surface area contributed by atoms with E-state index in [1.165, 1.54) is 12.1 Å². The molecule has 0 amide bonds. The molecule has 0 saturated carbocycles. The summed E-state index contributed by atoms with van der Waals surface area (Å²) in [6.07, 6.45) is 1.67. The Labute approximate surface area is 121 Å². The van der Waals surface area contributed by atoms with Gasteiger partial charge in [0.2, 0.25) is 0 Å². The van der Waals surface area contributed by atoms with Crippen LogP contribution in [0.5, 0.6) is 0 Å². The Balaban J connectivity index is 1.95. The molecule has 4 nitrogen and oxygen atoms in total. The molecule has 0 unspecified atom stereocenters. The summed E-state index contributed by atoms with van der Waals surface area (Å²) < 4.78 is 39.7. The minimum atomic E-state index is -3.74. The highest BCUT2D eigenvalue weighted by Gasteiger charge is 2.14. The van der Waals surface area contributed by atoms with Gasteiger partial charge in [0.05, 0.1) is 10.4 Å². The molecule has 21 heavy (non-hydrogen) atoms. The number of nitrogens with one attached hydrogen (secondary N) is 1. The van der Waals surface area contributed by atoms with Crippen molar-refractivity contribution in [1.29, 1.82) is 0 Å². The highest BCUT2D eigenvalue weighted by atomic mass is 32.2. The number of hydrogen-bond acceptors (Lipinski definition) is 3. The fraction of sp³-hybridized carbons (Fsp3) is 0. The Morgan fingerprint density at radius 3 is 2.52 bits per heavy atom. The largest absolute Gasteiger partial charge is 0.280 e. The summed E-state index contributed by atoms with van der Waals surface area (Å²) >= 11 is 0. The highest BCUT2D eigenvalue weighted by molar-refractivity contribution is 7.92. The summed E-state index contributed by atoms with van der Waals surface area (Å²) in [5.74, 6) is -0.481. The normalized spacial score (nSPS) is 11.5. The van der Waals surface area contributed by atoms with Crippen LogP contribution in [0.2, 0.25) is 0 Å². The van der Waals surface area contributed by atoms with Gasteiger partial charge in [0.1, 0.15) is 5.82 Å². The molecule has 1 aromatic heterocycles. The molecule has 0 radical (unpaired) electrons. The first kappa shape index (κ1) is 13.5. The van der Waals surface area contributed by atoms with Crippen molar-refractivity contribution >= 4 is 26.6 Å². The van der Waals surface area contributed by atoms with Gasteiger partial charge in [0.15, 0.2) is 0 Å². The Morgan fingerprint density at radius 1 is 1.00 bits per heavy atom. The Kier molecular flexibility index (Phi) is 3.31. The predicted molar refractivity (Wildman–Crippen MR) is 79.0 cm³/mol. The van der Waals surface area contributed by atoms with Crippen LogP contribution in [0, 0.1) is 5.82 Å². The molecule has 0 aliphatic carbocycles. The molecule has 3 rings (SSSR count). The molecule has 0 saturated heterocycles. The van der Waals surface area contributed by atoms with E-state index in [9.17, 15) is 12.8 Å². The van der Waals surface area contributed by atoms with Gasteiger partial charge in [-0.1, -0.05) is 6.07 Å². The van der Waals surface area contributed by atoms with Crippen LogP contribution in [0.15, 0.2) is 65.7 Å². The van der Waals surface area contributed by atoms with Crippen molar-refractivity contribution in [2.24, 2.45) is 0 Å². The number of sulfonamides is 1. The topological polar surface area (TPSA) is 59.1 Å². The summed E-state index contributed by atoms with van der Waals surface area (Å²) in [5.41, 5.74) is 1.21. The second-order valence-corrected chi connectivity index (χ2v) is 6.15. The molecule has 1 heterocycles. The van der Waals surface area contributed by atoms with E-state index in [4.69, 9.17) is 0 Å². The lowest BCUT2D eigenvalue weighted by Crippen LogP contribution is -2.12. The minimum absolute atomic E-state index is 0.00943. The molecule has 6 heteroatoms. The van der Waals surface area contributed by atoms with Crippen LogP contribution in [0.4, 0.5) is 10.1 Å². The lowest BCUT2D eigenvalue weighted by atomic mass is 10.2. The standard InChI is InChI=1S/C15H11FN2O2S/c16-12-3-6-14(7-4-12)21(19,20)18-13-5-8-15-11(10-13)2-1-9-17-15/h1-10,18H. The number of fused-ring (bicyclic) bond motifs is 1. The van der Waals surface area contributed by atoms with Crippen molar-refractivity contribution in [2.75, 3.05) is 4.72 Å². The van der Waals surface area contributed by atoms with E-state index in [-0.39, 0.29) is 4.90 Å². The first-order valence-corrected chi connectivity index (χ1v) is 7.66. The first-order valence-electron chi connectivity index (χ1n) is 6.18. The molecule has 2 aromatic carbocycles. The van der Waals surface area contributed by atoms with Gasteiger partial charge in [0, 0.05) is 17.3 Å². The maximum absolute atomic E-state index is 12.9. The van der Waals surface area contributed by atoms with Crippen LogP contribution < -0.4 is 4.72 Å². The van der Waals surface area contributed by atoms with Gasteiger partial charge in [0.25, 0.3) is 10.0 Å². The van der Waals surface area contributed by atoms with Crippen molar-refractivity contribution in [2.45, 2.75) is 4.90 Å². The van der Waals surface area contributed by atoms with Crippen LogP contribution in [-0.2, 0) is 10.0 Å². The molecule has 0 fully saturated rings. The monoisotopic (exact) mass is 302 g/mol. The molecule has 0 atom stereocenters. The van der Waals surface area contributed by atoms with E-state index in [0.29, 0.717) is 5.69 Å². The molecule has 0 aliphatic rings. The Hall–Kier alpha value is -2.47. The number of rotatable bonds is 3. The molecule has 1 N–H and O–H groups in total. The lowest BCUT2D eigenvalue weighted by Gasteiger charge is -2.08. The van der Waals surface area contributed by atoms with Crippen molar-refractivity contribution in [3.63, 3.8) is 0 Å². The van der Waals surface area contributed by atoms with Crippen molar-refractivity contribution in [3.05, 3.63) is 66.6 Å². The maximum Gasteiger partial charge on any atom is 0.261 e. The van der Waals surface area contributed by atoms with E-state index in [1.807, 2.05) is 6.07 Å². The van der Waals surface area contributed by atoms with E-state index in [2.05, 4.69) is 9.71 Å². The van der Waals surface area contributed by atoms with Gasteiger partial charge >= 0.3 is 0 Å². The van der Waals surface area contributed by atoms with Gasteiger partial charge in [-0.05, 0) is 48.5 Å². The maximum atomic E-state index is 12.9. The summed E-state index contributed by atoms with van der Waals surface area (Å²) in [7, 11) is -3.74. The number of anilines is 1. The number of pyridine rings is 1. The first-order chi connectivity index (χ1) is 10.0. The predicted octanol–water partition coefficient (Wildman–Crippen LogP) is 3.17. The molecule has 3 aromatic rings. The zero-order chi connectivity index (χ0) is 14.9. The number of nitrogens with zero attached hydrogens (tertiary/aromatic N) is 1. The van der Waals surface area contributed by atoms with Crippen LogP contribution >= 0.6 is 0 Å². The fourth-order valence-electron chi connectivity index (χ4n) is 1.97. The number of halogens is 1. The highest BCUT2D eigenvalue weighted by Crippen LogP contribution is 2.20. The molecule has 0 bridgehead atoms. The molecular weight excluding hydrogens is 291 g/mol. The quantitative estimate of drug-likeness (QED) is 0.808. The van der Waals surface area contributed by atoms with Gasteiger partial charge in [-0.25, -0.2) is 12.8 Å². The van der Waals surface area contributed by atoms with E-state index in [1.54, 1.807) is 30.5 Å². The van der Waals surface area contributed by atoms with Crippen molar-refractivity contribution < 1.29 is 12.8 Å². The summed E-state index contributed by atoms with van der Waals surface area (Å²) in [6.45, 7) is 0. The number of aromatic nitrogens is 1. The third-order valence-electron chi connectivity index (χ3n) is 2.98. The zero-order valence-electron chi connectivity index (χ0n) is 10.8. The zero-order valence-corrected chi connectivity index (χ0v) is 11.6. The fourth-order valence-corrected chi connectivity index (χ4v) is 3.02. The molecule has 106 valence electrons. The van der Waals surface area contributed by atoms with Crippen LogP contribution in [0.3, 0.4) is 0 Å². The SMILES string of the molecule is O=S(=O)(Nc1ccc2ncccc2c1)c1ccc(F)cc1. The van der Waals surface area contributed by atoms with Crippen molar-refractivity contribution in [1.82, 2.24) is 4.98 Å². The smallest absolute Gasteiger partial charge is 0.261 e. The van der Waals surface area contributed by atoms with Crippen LogP contribution in [0.25, 0.3) is 10.9 Å². The van der Waals surface area contributed by atoms with Gasteiger partial charge < -0.3 is 0 Å². The van der Waals surface area contributed by atoms with Crippen LogP contribution in [0.1, 0.15) is 0 Å². The summed E-state index contributed by atoms with van der Waals surface area (Å²) in [6, 6.07) is 13.4. The van der Waals surface area contributed by atoms with E-state index < -0.39 is 15.8 Å².